The van der Waals surface area contributed by atoms with E-state index in [4.69, 9.17) is 9.15 Å². The van der Waals surface area contributed by atoms with Crippen molar-refractivity contribution >= 4 is 0 Å². The number of ether oxygens (including phenoxy) is 1. The molecule has 1 fully saturated rings. The molecular formula is C11H15NO3. The van der Waals surface area contributed by atoms with Crippen LogP contribution in [-0.4, -0.2) is 19.2 Å². The summed E-state index contributed by atoms with van der Waals surface area (Å²) in [6, 6.07) is 3.14. The molecule has 4 nitrogen and oxygen atoms in total. The Morgan fingerprint density at radius 1 is 1.53 bits per heavy atom. The van der Waals surface area contributed by atoms with E-state index in [0.29, 0.717) is 11.5 Å². The Balaban J connectivity index is 2.06. The van der Waals surface area contributed by atoms with Gasteiger partial charge in [0.2, 0.25) is 0 Å². The number of nitrogens with one attached hydrogen (secondary N) is 1. The van der Waals surface area contributed by atoms with Crippen molar-refractivity contribution in [2.75, 3.05) is 13.1 Å². The lowest BCUT2D eigenvalue weighted by molar-refractivity contribution is 0.165. The molecule has 1 aliphatic heterocycles. The van der Waals surface area contributed by atoms with Gasteiger partial charge in [0.1, 0.15) is 17.6 Å². The third-order valence-corrected chi connectivity index (χ3v) is 2.42. The molecule has 0 amide bonds. The fraction of sp³-hybridized carbons (Fsp3) is 0.545. The lowest BCUT2D eigenvalue weighted by atomic mass is 10.1. The molecular weight excluding hydrogens is 194 g/mol. The van der Waals surface area contributed by atoms with Gasteiger partial charge in [0.05, 0.1) is 6.07 Å². The molecule has 0 spiro atoms. The molecule has 1 N–H and O–H groups in total. The van der Waals surface area contributed by atoms with Crippen molar-refractivity contribution < 1.29 is 9.15 Å². The van der Waals surface area contributed by atoms with E-state index in [1.54, 1.807) is 13.0 Å². The normalized spacial score (nSPS) is 21.3. The molecule has 1 aromatic rings. The van der Waals surface area contributed by atoms with Gasteiger partial charge in [-0.05, 0) is 26.3 Å². The van der Waals surface area contributed by atoms with Crippen LogP contribution in [0.2, 0.25) is 0 Å². The minimum absolute atomic E-state index is 0.167. The Kier molecular flexibility index (Phi) is 3.06. The van der Waals surface area contributed by atoms with Gasteiger partial charge >= 0.3 is 5.63 Å². The van der Waals surface area contributed by atoms with Gasteiger partial charge in [-0.3, -0.25) is 0 Å². The zero-order valence-corrected chi connectivity index (χ0v) is 8.79. The lowest BCUT2D eigenvalue weighted by Gasteiger charge is -2.23. The first-order valence-corrected chi connectivity index (χ1v) is 5.23. The van der Waals surface area contributed by atoms with E-state index in [1.165, 1.54) is 6.07 Å². The van der Waals surface area contributed by atoms with Crippen LogP contribution in [0.4, 0.5) is 0 Å². The fourth-order valence-corrected chi connectivity index (χ4v) is 1.76. The summed E-state index contributed by atoms with van der Waals surface area (Å²) in [7, 11) is 0. The minimum Gasteiger partial charge on any atom is -0.489 e. The third-order valence-electron chi connectivity index (χ3n) is 2.42. The standard InChI is InChI=1S/C11H15NO3/c1-8-5-10(6-11(13)14-8)15-9-3-2-4-12-7-9/h5-6,9,12H,2-4,7H2,1H3/t9-/m0/s1. The molecule has 1 aliphatic rings. The van der Waals surface area contributed by atoms with Gasteiger partial charge in [0.15, 0.2) is 0 Å². The van der Waals surface area contributed by atoms with Crippen LogP contribution in [0, 0.1) is 6.92 Å². The summed E-state index contributed by atoms with van der Waals surface area (Å²) >= 11 is 0. The van der Waals surface area contributed by atoms with Crippen LogP contribution in [0.5, 0.6) is 5.75 Å². The van der Waals surface area contributed by atoms with Crippen LogP contribution >= 0.6 is 0 Å². The maximum absolute atomic E-state index is 11.1. The van der Waals surface area contributed by atoms with Crippen LogP contribution in [0.3, 0.4) is 0 Å². The molecule has 82 valence electrons. The molecule has 0 bridgehead atoms. The third kappa shape index (κ3) is 2.83. The number of aryl methyl sites for hydroxylation is 1. The quantitative estimate of drug-likeness (QED) is 0.791. The molecule has 1 saturated heterocycles. The maximum atomic E-state index is 11.1. The summed E-state index contributed by atoms with van der Waals surface area (Å²) < 4.78 is 10.6. The van der Waals surface area contributed by atoms with Crippen LogP contribution in [0.25, 0.3) is 0 Å². The molecule has 2 heterocycles. The summed E-state index contributed by atoms with van der Waals surface area (Å²) in [4.78, 5) is 11.1. The lowest BCUT2D eigenvalue weighted by Crippen LogP contribution is -2.37. The second kappa shape index (κ2) is 4.49. The SMILES string of the molecule is Cc1cc(O[C@H]2CCCNC2)cc(=O)o1. The predicted octanol–water partition coefficient (Wildman–Crippen LogP) is 1.08. The minimum atomic E-state index is -0.353. The summed E-state index contributed by atoms with van der Waals surface area (Å²) in [6.07, 6.45) is 2.32. The Morgan fingerprint density at radius 2 is 2.40 bits per heavy atom. The maximum Gasteiger partial charge on any atom is 0.339 e. The monoisotopic (exact) mass is 209 g/mol. The van der Waals surface area contributed by atoms with Crippen molar-refractivity contribution in [2.45, 2.75) is 25.9 Å². The predicted molar refractivity (Wildman–Crippen MR) is 56.2 cm³/mol. The van der Waals surface area contributed by atoms with Crippen molar-refractivity contribution in [3.63, 3.8) is 0 Å². The molecule has 2 rings (SSSR count). The van der Waals surface area contributed by atoms with Gasteiger partial charge in [-0.15, -0.1) is 0 Å². The first-order chi connectivity index (χ1) is 7.24. The van der Waals surface area contributed by atoms with Gasteiger partial charge in [0.25, 0.3) is 0 Å². The topological polar surface area (TPSA) is 51.5 Å². The van der Waals surface area contributed by atoms with Gasteiger partial charge in [-0.2, -0.15) is 0 Å². The van der Waals surface area contributed by atoms with Crippen LogP contribution < -0.4 is 15.7 Å². The van der Waals surface area contributed by atoms with Crippen molar-refractivity contribution in [3.05, 3.63) is 28.3 Å². The van der Waals surface area contributed by atoms with E-state index in [2.05, 4.69) is 5.32 Å². The summed E-state index contributed by atoms with van der Waals surface area (Å²) in [6.45, 7) is 3.64. The van der Waals surface area contributed by atoms with E-state index in [1.807, 2.05) is 0 Å². The van der Waals surface area contributed by atoms with E-state index in [9.17, 15) is 4.79 Å². The molecule has 0 radical (unpaired) electrons. The zero-order chi connectivity index (χ0) is 10.7. The van der Waals surface area contributed by atoms with Crippen molar-refractivity contribution in [3.8, 4) is 5.75 Å². The molecule has 1 aromatic heterocycles. The highest BCUT2D eigenvalue weighted by atomic mass is 16.5. The highest BCUT2D eigenvalue weighted by Crippen LogP contribution is 2.14. The van der Waals surface area contributed by atoms with Crippen molar-refractivity contribution in [1.29, 1.82) is 0 Å². The largest absolute Gasteiger partial charge is 0.489 e. The van der Waals surface area contributed by atoms with Crippen LogP contribution in [0.1, 0.15) is 18.6 Å². The summed E-state index contributed by atoms with van der Waals surface area (Å²) in [5.41, 5.74) is -0.353. The fourth-order valence-electron chi connectivity index (χ4n) is 1.76. The Hall–Kier alpha value is -1.29. The van der Waals surface area contributed by atoms with Crippen LogP contribution in [-0.2, 0) is 0 Å². The molecule has 0 aliphatic carbocycles. The van der Waals surface area contributed by atoms with Gasteiger partial charge < -0.3 is 14.5 Å². The van der Waals surface area contributed by atoms with Crippen LogP contribution in [0.15, 0.2) is 21.3 Å². The molecule has 4 heteroatoms. The van der Waals surface area contributed by atoms with E-state index in [-0.39, 0.29) is 11.7 Å². The number of hydrogen-bond donors (Lipinski definition) is 1. The molecule has 15 heavy (non-hydrogen) atoms. The van der Waals surface area contributed by atoms with Gasteiger partial charge in [-0.25, -0.2) is 4.79 Å². The van der Waals surface area contributed by atoms with E-state index < -0.39 is 0 Å². The van der Waals surface area contributed by atoms with Gasteiger partial charge in [0, 0.05) is 12.6 Å². The molecule has 1 atom stereocenters. The first kappa shape index (κ1) is 10.2. The smallest absolute Gasteiger partial charge is 0.339 e. The average Bonchev–Trinajstić information content (AvgIpc) is 2.17. The average molecular weight is 209 g/mol. The molecule has 0 aromatic carbocycles. The molecule has 0 unspecified atom stereocenters. The highest BCUT2D eigenvalue weighted by Gasteiger charge is 2.14. The number of piperidine rings is 1. The van der Waals surface area contributed by atoms with Crippen molar-refractivity contribution in [2.24, 2.45) is 0 Å². The molecule has 0 saturated carbocycles. The van der Waals surface area contributed by atoms with Crippen molar-refractivity contribution in [1.82, 2.24) is 5.32 Å². The Morgan fingerprint density at radius 3 is 3.07 bits per heavy atom. The number of hydrogen-bond acceptors (Lipinski definition) is 4. The highest BCUT2D eigenvalue weighted by molar-refractivity contribution is 5.20. The first-order valence-electron chi connectivity index (χ1n) is 5.23. The summed E-state index contributed by atoms with van der Waals surface area (Å²) in [5.74, 6) is 1.19. The second-order valence-corrected chi connectivity index (χ2v) is 3.81. The Labute approximate surface area is 88.2 Å². The van der Waals surface area contributed by atoms with E-state index in [0.717, 1.165) is 25.9 Å². The second-order valence-electron chi connectivity index (χ2n) is 3.81. The van der Waals surface area contributed by atoms with E-state index >= 15 is 0 Å². The van der Waals surface area contributed by atoms with Gasteiger partial charge in [-0.1, -0.05) is 0 Å². The number of rotatable bonds is 2. The zero-order valence-electron chi connectivity index (χ0n) is 8.79. The Bertz CT molecular complexity index is 380. The summed E-state index contributed by atoms with van der Waals surface area (Å²) in [5, 5.41) is 3.26.